The van der Waals surface area contributed by atoms with Gasteiger partial charge in [0.05, 0.1) is 0 Å². The Bertz CT molecular complexity index is 402. The van der Waals surface area contributed by atoms with Crippen LogP contribution in [0.15, 0.2) is 30.3 Å². The predicted molar refractivity (Wildman–Crippen MR) is 79.5 cm³/mol. The van der Waals surface area contributed by atoms with Crippen LogP contribution in [0.2, 0.25) is 0 Å². The summed E-state index contributed by atoms with van der Waals surface area (Å²) in [5.74, 6) is -0.193. The summed E-state index contributed by atoms with van der Waals surface area (Å²) in [6.45, 7) is 1.99. The molecule has 0 spiro atoms. The first-order chi connectivity index (χ1) is 9.15. The largest absolute Gasteiger partial charge is 0.461 e. The van der Waals surface area contributed by atoms with Crippen LogP contribution in [0.25, 0.3) is 0 Å². The highest BCUT2D eigenvalue weighted by Crippen LogP contribution is 2.16. The van der Waals surface area contributed by atoms with Gasteiger partial charge in [-0.3, -0.25) is 4.79 Å². The number of likely N-dealkylation sites (tertiary alicyclic amines) is 1. The minimum Gasteiger partial charge on any atom is -0.461 e. The highest BCUT2D eigenvalue weighted by Gasteiger charge is 2.23. The van der Waals surface area contributed by atoms with E-state index in [0.717, 1.165) is 31.5 Å². The normalized spacial score (nSPS) is 19.1. The molecule has 1 aliphatic heterocycles. The lowest BCUT2D eigenvalue weighted by atomic mass is 10.1. The Hall–Kier alpha value is -1.00. The molecule has 19 heavy (non-hydrogen) atoms. The molecule has 0 amide bonds. The zero-order valence-electron chi connectivity index (χ0n) is 11.3. The van der Waals surface area contributed by atoms with Gasteiger partial charge in [0.15, 0.2) is 0 Å². The van der Waals surface area contributed by atoms with Gasteiger partial charge in [0, 0.05) is 13.1 Å². The number of hydrogen-bond acceptors (Lipinski definition) is 4. The van der Waals surface area contributed by atoms with Crippen molar-refractivity contribution in [3.05, 3.63) is 35.9 Å². The number of carbonyl (C=O) groups is 1. The van der Waals surface area contributed by atoms with Crippen LogP contribution >= 0.6 is 12.6 Å². The van der Waals surface area contributed by atoms with Crippen molar-refractivity contribution in [2.75, 3.05) is 20.1 Å². The van der Waals surface area contributed by atoms with E-state index >= 15 is 0 Å². The predicted octanol–water partition coefficient (Wildman–Crippen LogP) is 2.16. The van der Waals surface area contributed by atoms with Crippen molar-refractivity contribution in [3.63, 3.8) is 0 Å². The first-order valence-electron chi connectivity index (χ1n) is 6.76. The quantitative estimate of drug-likeness (QED) is 0.676. The van der Waals surface area contributed by atoms with E-state index in [0.29, 0.717) is 6.42 Å². The Morgan fingerprint density at radius 3 is 2.63 bits per heavy atom. The number of piperidine rings is 1. The van der Waals surface area contributed by atoms with Crippen LogP contribution < -0.4 is 0 Å². The molecule has 0 N–H and O–H groups in total. The first-order valence-corrected chi connectivity index (χ1v) is 7.28. The Balaban J connectivity index is 1.79. The van der Waals surface area contributed by atoms with Gasteiger partial charge in [-0.2, -0.15) is 12.6 Å². The lowest BCUT2D eigenvalue weighted by Crippen LogP contribution is -2.36. The number of nitrogens with zero attached hydrogens (tertiary/aromatic N) is 1. The SMILES string of the molecule is CN1CCC(OC(=O)C(S)Cc2ccccc2)CC1. The highest BCUT2D eigenvalue weighted by atomic mass is 32.1. The summed E-state index contributed by atoms with van der Waals surface area (Å²) < 4.78 is 5.53. The average molecular weight is 279 g/mol. The molecular formula is C15H21NO2S. The van der Waals surface area contributed by atoms with E-state index in [1.807, 2.05) is 30.3 Å². The molecule has 0 aliphatic carbocycles. The highest BCUT2D eigenvalue weighted by molar-refractivity contribution is 7.81. The van der Waals surface area contributed by atoms with Crippen LogP contribution in [-0.4, -0.2) is 42.4 Å². The lowest BCUT2D eigenvalue weighted by Gasteiger charge is -2.29. The minimum absolute atomic E-state index is 0.0640. The molecule has 1 fully saturated rings. The zero-order chi connectivity index (χ0) is 13.7. The van der Waals surface area contributed by atoms with Crippen LogP contribution in [0.4, 0.5) is 0 Å². The molecule has 0 radical (unpaired) electrons. The molecule has 3 nitrogen and oxygen atoms in total. The maximum Gasteiger partial charge on any atom is 0.319 e. The second-order valence-electron chi connectivity index (χ2n) is 5.15. The molecule has 1 heterocycles. The number of benzene rings is 1. The minimum atomic E-state index is -0.373. The summed E-state index contributed by atoms with van der Waals surface area (Å²) >= 11 is 4.37. The summed E-state index contributed by atoms with van der Waals surface area (Å²) in [6, 6.07) is 9.92. The Morgan fingerprint density at radius 1 is 1.37 bits per heavy atom. The van der Waals surface area contributed by atoms with Crippen molar-refractivity contribution in [2.45, 2.75) is 30.6 Å². The zero-order valence-corrected chi connectivity index (χ0v) is 12.2. The number of thiol groups is 1. The maximum atomic E-state index is 12.0. The Labute approximate surface area is 120 Å². The van der Waals surface area contributed by atoms with E-state index < -0.39 is 0 Å². The van der Waals surface area contributed by atoms with Crippen LogP contribution in [0.3, 0.4) is 0 Å². The van der Waals surface area contributed by atoms with E-state index in [1.165, 1.54) is 0 Å². The number of rotatable bonds is 4. The van der Waals surface area contributed by atoms with Gasteiger partial charge in [-0.25, -0.2) is 0 Å². The molecule has 104 valence electrons. The molecule has 4 heteroatoms. The Kier molecular flexibility index (Phi) is 5.28. The molecule has 1 unspecified atom stereocenters. The fourth-order valence-electron chi connectivity index (χ4n) is 2.27. The molecule has 0 saturated carbocycles. The fourth-order valence-corrected chi connectivity index (χ4v) is 2.54. The topological polar surface area (TPSA) is 29.5 Å². The van der Waals surface area contributed by atoms with Crippen molar-refractivity contribution < 1.29 is 9.53 Å². The molecule has 1 aromatic carbocycles. The molecule has 1 atom stereocenters. The molecule has 0 bridgehead atoms. The molecule has 1 aromatic rings. The van der Waals surface area contributed by atoms with Gasteiger partial charge in [0.2, 0.25) is 0 Å². The summed E-state index contributed by atoms with van der Waals surface area (Å²) in [6.07, 6.45) is 2.53. The van der Waals surface area contributed by atoms with Gasteiger partial charge in [0.1, 0.15) is 11.4 Å². The molecule has 1 aliphatic rings. The van der Waals surface area contributed by atoms with Gasteiger partial charge in [-0.05, 0) is 31.9 Å². The molecular weight excluding hydrogens is 258 g/mol. The summed E-state index contributed by atoms with van der Waals surface area (Å²) in [4.78, 5) is 14.2. The number of esters is 1. The van der Waals surface area contributed by atoms with Crippen LogP contribution in [0.5, 0.6) is 0 Å². The van der Waals surface area contributed by atoms with Crippen molar-refractivity contribution in [2.24, 2.45) is 0 Å². The third-order valence-corrected chi connectivity index (χ3v) is 3.89. The standard InChI is InChI=1S/C15H21NO2S/c1-16-9-7-13(8-10-16)18-15(17)14(19)11-12-5-3-2-4-6-12/h2-6,13-14,19H,7-11H2,1H3. The van der Waals surface area contributed by atoms with Crippen LogP contribution in [-0.2, 0) is 16.0 Å². The first kappa shape index (κ1) is 14.4. The van der Waals surface area contributed by atoms with E-state index in [9.17, 15) is 4.79 Å². The van der Waals surface area contributed by atoms with E-state index in [1.54, 1.807) is 0 Å². The van der Waals surface area contributed by atoms with Crippen LogP contribution in [0, 0.1) is 0 Å². The van der Waals surface area contributed by atoms with Gasteiger partial charge in [-0.1, -0.05) is 30.3 Å². The second kappa shape index (κ2) is 6.96. The van der Waals surface area contributed by atoms with Crippen LogP contribution in [0.1, 0.15) is 18.4 Å². The third-order valence-electron chi connectivity index (χ3n) is 3.49. The number of ether oxygens (including phenoxy) is 1. The molecule has 0 aromatic heterocycles. The van der Waals surface area contributed by atoms with Gasteiger partial charge in [-0.15, -0.1) is 0 Å². The maximum absolute atomic E-state index is 12.0. The Morgan fingerprint density at radius 2 is 2.00 bits per heavy atom. The van der Waals surface area contributed by atoms with Gasteiger partial charge >= 0.3 is 5.97 Å². The molecule has 1 saturated heterocycles. The van der Waals surface area contributed by atoms with Gasteiger partial charge in [0.25, 0.3) is 0 Å². The summed E-state index contributed by atoms with van der Waals surface area (Å²) in [7, 11) is 2.09. The van der Waals surface area contributed by atoms with E-state index in [2.05, 4.69) is 24.6 Å². The monoisotopic (exact) mass is 279 g/mol. The molecule has 2 rings (SSSR count). The van der Waals surface area contributed by atoms with Crippen molar-refractivity contribution in [1.29, 1.82) is 0 Å². The second-order valence-corrected chi connectivity index (χ2v) is 5.77. The average Bonchev–Trinajstić information content (AvgIpc) is 2.42. The number of carbonyl (C=O) groups excluding carboxylic acids is 1. The number of hydrogen-bond donors (Lipinski definition) is 1. The van der Waals surface area contributed by atoms with Gasteiger partial charge < -0.3 is 9.64 Å². The fraction of sp³-hybridized carbons (Fsp3) is 0.533. The van der Waals surface area contributed by atoms with E-state index in [-0.39, 0.29) is 17.3 Å². The summed E-state index contributed by atoms with van der Waals surface area (Å²) in [5.41, 5.74) is 1.11. The lowest BCUT2D eigenvalue weighted by molar-refractivity contribution is -0.150. The third kappa shape index (κ3) is 4.55. The van der Waals surface area contributed by atoms with E-state index in [4.69, 9.17) is 4.74 Å². The van der Waals surface area contributed by atoms with Crippen molar-refractivity contribution in [1.82, 2.24) is 4.90 Å². The van der Waals surface area contributed by atoms with Crippen molar-refractivity contribution in [3.8, 4) is 0 Å². The summed E-state index contributed by atoms with van der Waals surface area (Å²) in [5, 5.41) is -0.373. The van der Waals surface area contributed by atoms with Crippen molar-refractivity contribution >= 4 is 18.6 Å². The smallest absolute Gasteiger partial charge is 0.319 e.